The maximum atomic E-state index is 5.98. The molecule has 0 spiro atoms. The van der Waals surface area contributed by atoms with Gasteiger partial charge in [-0.25, -0.2) is 0 Å². The van der Waals surface area contributed by atoms with Crippen molar-refractivity contribution in [3.8, 4) is 0 Å². The minimum Gasteiger partial charge on any atom is -0.382 e. The Labute approximate surface area is 161 Å². The molecule has 2 atom stereocenters. The van der Waals surface area contributed by atoms with E-state index in [9.17, 15) is 0 Å². The van der Waals surface area contributed by atoms with Crippen LogP contribution in [0.25, 0.3) is 0 Å². The van der Waals surface area contributed by atoms with E-state index >= 15 is 0 Å². The molecule has 0 aromatic heterocycles. The average molecular weight is 388 g/mol. The monoisotopic (exact) mass is 388 g/mol. The van der Waals surface area contributed by atoms with Gasteiger partial charge in [-0.15, -0.1) is 0 Å². The first-order valence-electron chi connectivity index (χ1n) is 8.21. The van der Waals surface area contributed by atoms with Crippen LogP contribution in [-0.4, -0.2) is 40.8 Å². The normalized spacial score (nSPS) is 29.0. The molecule has 2 saturated carbocycles. The van der Waals surface area contributed by atoms with Gasteiger partial charge in [0.15, 0.2) is 6.29 Å². The van der Waals surface area contributed by atoms with Gasteiger partial charge in [0, 0.05) is 13.0 Å². The Morgan fingerprint density at radius 3 is 2.21 bits per heavy atom. The third-order valence-corrected chi connectivity index (χ3v) is 5.92. The van der Waals surface area contributed by atoms with Gasteiger partial charge in [0.2, 0.25) is 0 Å². The van der Waals surface area contributed by atoms with Gasteiger partial charge >= 0.3 is 17.1 Å². The summed E-state index contributed by atoms with van der Waals surface area (Å²) >= 11 is 0. The van der Waals surface area contributed by atoms with E-state index in [4.69, 9.17) is 14.2 Å². The van der Waals surface area contributed by atoms with Crippen LogP contribution in [0.15, 0.2) is 0 Å². The second-order valence-corrected chi connectivity index (χ2v) is 11.9. The van der Waals surface area contributed by atoms with Crippen LogP contribution in [-0.2, 0) is 31.3 Å². The van der Waals surface area contributed by atoms with E-state index < -0.39 is 8.07 Å². The second-order valence-electron chi connectivity index (χ2n) is 6.81. The van der Waals surface area contributed by atoms with Crippen LogP contribution in [0.1, 0.15) is 6.42 Å². The van der Waals surface area contributed by atoms with Crippen LogP contribution >= 0.6 is 0 Å². The predicted molar refractivity (Wildman–Crippen MR) is 95.3 cm³/mol. The minimum atomic E-state index is -1.34. The van der Waals surface area contributed by atoms with Crippen LogP contribution in [0.5, 0.6) is 0 Å². The summed E-state index contributed by atoms with van der Waals surface area (Å²) < 4.78 is 16.9. The van der Waals surface area contributed by atoms with Gasteiger partial charge in [-0.3, -0.25) is 0 Å². The van der Waals surface area contributed by atoms with E-state index in [0.29, 0.717) is 6.61 Å². The third-order valence-electron chi connectivity index (χ3n) is 3.84. The Kier molecular flexibility index (Phi) is 10.7. The Hall–Kier alpha value is 0.616. The summed E-state index contributed by atoms with van der Waals surface area (Å²) in [6, 6.07) is 0. The first-order chi connectivity index (χ1) is 11.0. The first-order valence-corrected chi connectivity index (χ1v) is 11.7. The van der Waals surface area contributed by atoms with Crippen molar-refractivity contribution in [3.63, 3.8) is 0 Å². The molecule has 1 heterocycles. The van der Waals surface area contributed by atoms with Crippen LogP contribution < -0.4 is 0 Å². The molecule has 0 amide bonds. The molecule has 0 N–H and O–H groups in total. The third kappa shape index (κ3) is 7.09. The molecule has 3 nitrogen and oxygen atoms in total. The summed E-state index contributed by atoms with van der Waals surface area (Å²) in [4.78, 5) is 0. The summed E-state index contributed by atoms with van der Waals surface area (Å²) in [5.74, 6) is 1.22. The fraction of sp³-hybridized carbons (Fsp3) is 0.474. The first kappa shape index (κ1) is 22.7. The van der Waals surface area contributed by atoms with E-state index in [0.717, 1.165) is 13.0 Å². The average Bonchev–Trinajstić information content (AvgIpc) is 3.22. The summed E-state index contributed by atoms with van der Waals surface area (Å²) in [6.07, 6.45) is 17.3. The van der Waals surface area contributed by atoms with Crippen LogP contribution in [0.2, 0.25) is 19.6 Å². The molecule has 3 rings (SSSR count). The summed E-state index contributed by atoms with van der Waals surface area (Å²) in [5.41, 5.74) is 1.44. The van der Waals surface area contributed by atoms with Crippen molar-refractivity contribution in [1.82, 2.24) is 0 Å². The SMILES string of the molecule is COC[C@@H]1CCOC([C]2[CH][CH][CH][C]2[Si](C)(C)C)O1.[CH]1[CH][CH][CH][CH]1.[Fe+2]. The molecule has 3 aliphatic rings. The van der Waals surface area contributed by atoms with E-state index in [1.807, 2.05) is 32.1 Å². The molecule has 1 unspecified atom stereocenters. The largest absolute Gasteiger partial charge is 2.00 e. The van der Waals surface area contributed by atoms with E-state index in [2.05, 4.69) is 38.9 Å². The van der Waals surface area contributed by atoms with Gasteiger partial charge < -0.3 is 14.2 Å². The van der Waals surface area contributed by atoms with Crippen LogP contribution in [0.4, 0.5) is 0 Å². The molecular formula is C19H28FeO3Si+2. The zero-order valence-corrected chi connectivity index (χ0v) is 17.1. The number of ether oxygens (including phenoxy) is 3. The van der Waals surface area contributed by atoms with Crippen molar-refractivity contribution < 1.29 is 31.3 Å². The Balaban J connectivity index is 0.000000412. The number of methoxy groups -OCH3 is 1. The van der Waals surface area contributed by atoms with Gasteiger partial charge in [0.05, 0.1) is 27.4 Å². The molecule has 0 aromatic rings. The molecule has 0 bridgehead atoms. The second kappa shape index (κ2) is 11.4. The van der Waals surface area contributed by atoms with Crippen LogP contribution in [0.3, 0.4) is 0 Å². The van der Waals surface area contributed by atoms with E-state index in [1.54, 1.807) is 7.11 Å². The molecule has 0 aromatic carbocycles. The number of hydrogen-bond donors (Lipinski definition) is 0. The molecule has 1 saturated heterocycles. The Morgan fingerprint density at radius 1 is 1.04 bits per heavy atom. The van der Waals surface area contributed by atoms with Crippen molar-refractivity contribution in [2.75, 3.05) is 20.3 Å². The van der Waals surface area contributed by atoms with E-state index in [-0.39, 0.29) is 29.5 Å². The van der Waals surface area contributed by atoms with Gasteiger partial charge in [0.25, 0.3) is 0 Å². The predicted octanol–water partition coefficient (Wildman–Crippen LogP) is 3.44. The molecule has 3 fully saturated rings. The maximum Gasteiger partial charge on any atom is 2.00 e. The Bertz CT molecular complexity index is 321. The smallest absolute Gasteiger partial charge is 0.382 e. The zero-order chi connectivity index (χ0) is 16.7. The molecular weight excluding hydrogens is 360 g/mol. The molecule has 24 heavy (non-hydrogen) atoms. The van der Waals surface area contributed by atoms with Crippen molar-refractivity contribution in [2.24, 2.45) is 0 Å². The van der Waals surface area contributed by atoms with Crippen molar-refractivity contribution >= 4 is 8.07 Å². The quantitative estimate of drug-likeness (QED) is 0.691. The molecule has 1 aliphatic heterocycles. The molecule has 2 aliphatic carbocycles. The standard InChI is InChI=1S/C14H23O3Si.C5H5.Fe/c1-15-10-11-8-9-16-14(17-11)12-6-5-7-13(12)18(2,3)4;1-2-4-5-3-1;/h5-7,11,14H,8-10H2,1-4H3;1-5H;/q;;+2/t11-,14?;;/m0../s1. The fourth-order valence-electron chi connectivity index (χ4n) is 2.70. The fourth-order valence-corrected chi connectivity index (χ4v) is 4.37. The van der Waals surface area contributed by atoms with E-state index in [1.165, 1.54) is 11.5 Å². The summed E-state index contributed by atoms with van der Waals surface area (Å²) in [5, 5.41) is 0. The number of rotatable bonds is 4. The topological polar surface area (TPSA) is 27.7 Å². The molecule has 10 radical (unpaired) electrons. The zero-order valence-electron chi connectivity index (χ0n) is 15.0. The molecule has 5 heteroatoms. The minimum absolute atomic E-state index is 0. The van der Waals surface area contributed by atoms with Gasteiger partial charge in [-0.2, -0.15) is 0 Å². The maximum absolute atomic E-state index is 5.98. The Morgan fingerprint density at radius 2 is 1.67 bits per heavy atom. The van der Waals surface area contributed by atoms with Gasteiger partial charge in [0.1, 0.15) is 0 Å². The van der Waals surface area contributed by atoms with Crippen molar-refractivity contribution in [1.29, 1.82) is 0 Å². The van der Waals surface area contributed by atoms with Gasteiger partial charge in [-0.05, 0) is 63.3 Å². The van der Waals surface area contributed by atoms with Crippen molar-refractivity contribution in [3.05, 3.63) is 62.8 Å². The molecule has 132 valence electrons. The number of hydrogen-bond acceptors (Lipinski definition) is 3. The summed E-state index contributed by atoms with van der Waals surface area (Å²) in [7, 11) is 0.371. The summed E-state index contributed by atoms with van der Waals surface area (Å²) in [6.45, 7) is 8.43. The van der Waals surface area contributed by atoms with Crippen molar-refractivity contribution in [2.45, 2.75) is 38.5 Å². The van der Waals surface area contributed by atoms with Gasteiger partial charge in [-0.1, -0.05) is 19.6 Å². The van der Waals surface area contributed by atoms with Crippen LogP contribution in [0, 0.1) is 62.8 Å².